The van der Waals surface area contributed by atoms with Crippen LogP contribution in [0.25, 0.3) is 0 Å². The highest BCUT2D eigenvalue weighted by atomic mass is 16.2. The maximum atomic E-state index is 12.2. The molecule has 2 amide bonds. The van der Waals surface area contributed by atoms with Crippen LogP contribution in [0.3, 0.4) is 0 Å². The van der Waals surface area contributed by atoms with Crippen molar-refractivity contribution in [1.82, 2.24) is 10.2 Å². The van der Waals surface area contributed by atoms with Gasteiger partial charge in [-0.05, 0) is 32.1 Å². The Balaban J connectivity index is 1.89. The Morgan fingerprint density at radius 1 is 1.39 bits per heavy atom. The molecule has 102 valence electrons. The summed E-state index contributed by atoms with van der Waals surface area (Å²) in [6.45, 7) is 6.13. The van der Waals surface area contributed by atoms with Gasteiger partial charge in [0.05, 0.1) is 12.5 Å². The van der Waals surface area contributed by atoms with Crippen LogP contribution in [0.5, 0.6) is 0 Å². The van der Waals surface area contributed by atoms with Gasteiger partial charge in [0.15, 0.2) is 0 Å². The summed E-state index contributed by atoms with van der Waals surface area (Å²) in [4.78, 5) is 25.5. The van der Waals surface area contributed by atoms with E-state index in [9.17, 15) is 9.59 Å². The SMILES string of the molecule is CCCC1CC1NC1CC(=O)N(C(C)CC)C1=O. The molecule has 2 aliphatic rings. The second-order valence-electron chi connectivity index (χ2n) is 5.67. The average molecular weight is 252 g/mol. The van der Waals surface area contributed by atoms with Gasteiger partial charge in [-0.15, -0.1) is 0 Å². The smallest absolute Gasteiger partial charge is 0.247 e. The molecule has 0 spiro atoms. The lowest BCUT2D eigenvalue weighted by molar-refractivity contribution is -0.141. The molecule has 1 saturated carbocycles. The van der Waals surface area contributed by atoms with E-state index in [1.165, 1.54) is 17.7 Å². The third-order valence-electron chi connectivity index (χ3n) is 4.21. The Kier molecular flexibility index (Phi) is 4.05. The summed E-state index contributed by atoms with van der Waals surface area (Å²) in [5.74, 6) is 0.687. The van der Waals surface area contributed by atoms with E-state index in [-0.39, 0.29) is 23.9 Å². The Bertz CT molecular complexity index is 343. The molecule has 4 unspecified atom stereocenters. The van der Waals surface area contributed by atoms with Crippen molar-refractivity contribution in [2.24, 2.45) is 5.92 Å². The number of rotatable bonds is 6. The van der Waals surface area contributed by atoms with Gasteiger partial charge in [0.2, 0.25) is 11.8 Å². The van der Waals surface area contributed by atoms with Crippen molar-refractivity contribution in [2.75, 3.05) is 0 Å². The molecule has 1 aliphatic heterocycles. The van der Waals surface area contributed by atoms with Gasteiger partial charge in [-0.1, -0.05) is 20.3 Å². The van der Waals surface area contributed by atoms with E-state index in [2.05, 4.69) is 12.2 Å². The van der Waals surface area contributed by atoms with E-state index in [0.717, 1.165) is 18.8 Å². The number of imide groups is 1. The van der Waals surface area contributed by atoms with Gasteiger partial charge < -0.3 is 5.32 Å². The van der Waals surface area contributed by atoms with Crippen molar-refractivity contribution in [2.45, 2.75) is 71.0 Å². The maximum absolute atomic E-state index is 12.2. The number of carbonyl (C=O) groups is 2. The topological polar surface area (TPSA) is 49.4 Å². The fraction of sp³-hybridized carbons (Fsp3) is 0.857. The standard InChI is InChI=1S/C14H24N2O2/c1-4-6-10-7-11(10)15-12-8-13(17)16(14(12)18)9(3)5-2/h9-12,15H,4-8H2,1-3H3. The summed E-state index contributed by atoms with van der Waals surface area (Å²) in [6.07, 6.45) is 4.75. The molecular formula is C14H24N2O2. The normalized spacial score (nSPS) is 33.1. The molecule has 0 aromatic rings. The van der Waals surface area contributed by atoms with Gasteiger partial charge in [0.25, 0.3) is 0 Å². The van der Waals surface area contributed by atoms with Gasteiger partial charge in [0.1, 0.15) is 0 Å². The quantitative estimate of drug-likeness (QED) is 0.732. The summed E-state index contributed by atoms with van der Waals surface area (Å²) in [5.41, 5.74) is 0. The molecule has 0 aromatic carbocycles. The Hall–Kier alpha value is -0.900. The molecule has 2 rings (SSSR count). The average Bonchev–Trinajstić information content (AvgIpc) is 2.99. The lowest BCUT2D eigenvalue weighted by atomic mass is 10.2. The third kappa shape index (κ3) is 2.58. The van der Waals surface area contributed by atoms with Crippen molar-refractivity contribution in [3.63, 3.8) is 0 Å². The summed E-state index contributed by atoms with van der Waals surface area (Å²) >= 11 is 0. The van der Waals surface area contributed by atoms with Crippen LogP contribution < -0.4 is 5.32 Å². The van der Waals surface area contributed by atoms with Crippen LogP contribution in [0.1, 0.15) is 52.9 Å². The van der Waals surface area contributed by atoms with Crippen LogP contribution >= 0.6 is 0 Å². The molecule has 1 saturated heterocycles. The number of nitrogens with one attached hydrogen (secondary N) is 1. The van der Waals surface area contributed by atoms with Gasteiger partial charge >= 0.3 is 0 Å². The molecular weight excluding hydrogens is 228 g/mol. The van der Waals surface area contributed by atoms with E-state index in [1.54, 1.807) is 0 Å². The molecule has 4 heteroatoms. The first-order valence-electron chi connectivity index (χ1n) is 7.20. The zero-order valence-corrected chi connectivity index (χ0v) is 11.6. The number of hydrogen-bond acceptors (Lipinski definition) is 3. The van der Waals surface area contributed by atoms with E-state index in [1.807, 2.05) is 13.8 Å². The Labute approximate surface area is 109 Å². The van der Waals surface area contributed by atoms with Crippen molar-refractivity contribution >= 4 is 11.8 Å². The molecule has 0 bridgehead atoms. The van der Waals surface area contributed by atoms with Gasteiger partial charge in [-0.3, -0.25) is 14.5 Å². The number of carbonyl (C=O) groups excluding carboxylic acids is 2. The lowest BCUT2D eigenvalue weighted by Gasteiger charge is -2.21. The summed E-state index contributed by atoms with van der Waals surface area (Å²) < 4.78 is 0. The van der Waals surface area contributed by atoms with Gasteiger partial charge in [-0.25, -0.2) is 0 Å². The predicted molar refractivity (Wildman–Crippen MR) is 69.9 cm³/mol. The molecule has 0 aromatic heterocycles. The van der Waals surface area contributed by atoms with Crippen LogP contribution in [-0.2, 0) is 9.59 Å². The minimum absolute atomic E-state index is 0.0143. The lowest BCUT2D eigenvalue weighted by Crippen LogP contribution is -2.43. The first-order chi connectivity index (χ1) is 8.58. The van der Waals surface area contributed by atoms with Crippen molar-refractivity contribution in [3.05, 3.63) is 0 Å². The number of hydrogen-bond donors (Lipinski definition) is 1. The molecule has 0 radical (unpaired) electrons. The molecule has 4 atom stereocenters. The first-order valence-corrected chi connectivity index (χ1v) is 7.20. The second-order valence-corrected chi connectivity index (χ2v) is 5.67. The molecule has 18 heavy (non-hydrogen) atoms. The molecule has 2 fully saturated rings. The van der Waals surface area contributed by atoms with E-state index < -0.39 is 0 Å². The fourth-order valence-corrected chi connectivity index (χ4v) is 2.83. The van der Waals surface area contributed by atoms with Gasteiger partial charge in [-0.2, -0.15) is 0 Å². The highest BCUT2D eigenvalue weighted by Crippen LogP contribution is 2.35. The van der Waals surface area contributed by atoms with Gasteiger partial charge in [0, 0.05) is 12.1 Å². The van der Waals surface area contributed by atoms with E-state index in [4.69, 9.17) is 0 Å². The van der Waals surface area contributed by atoms with E-state index >= 15 is 0 Å². The van der Waals surface area contributed by atoms with E-state index in [0.29, 0.717) is 12.5 Å². The fourth-order valence-electron chi connectivity index (χ4n) is 2.83. The zero-order valence-electron chi connectivity index (χ0n) is 11.6. The molecule has 4 nitrogen and oxygen atoms in total. The third-order valence-corrected chi connectivity index (χ3v) is 4.21. The highest BCUT2D eigenvalue weighted by Gasteiger charge is 2.45. The largest absolute Gasteiger partial charge is 0.302 e. The monoisotopic (exact) mass is 252 g/mol. The molecule has 1 N–H and O–H groups in total. The van der Waals surface area contributed by atoms with Crippen molar-refractivity contribution < 1.29 is 9.59 Å². The van der Waals surface area contributed by atoms with Crippen LogP contribution in [0.4, 0.5) is 0 Å². The minimum Gasteiger partial charge on any atom is -0.302 e. The Morgan fingerprint density at radius 3 is 2.72 bits per heavy atom. The van der Waals surface area contributed by atoms with Crippen LogP contribution in [0, 0.1) is 5.92 Å². The predicted octanol–water partition coefficient (Wildman–Crippen LogP) is 1.69. The first kappa shape index (κ1) is 13.5. The summed E-state index contributed by atoms with van der Waals surface area (Å²) in [7, 11) is 0. The summed E-state index contributed by atoms with van der Waals surface area (Å²) in [5, 5.41) is 3.36. The van der Waals surface area contributed by atoms with Crippen molar-refractivity contribution in [1.29, 1.82) is 0 Å². The minimum atomic E-state index is -0.265. The zero-order chi connectivity index (χ0) is 13.3. The maximum Gasteiger partial charge on any atom is 0.247 e. The number of amides is 2. The summed E-state index contributed by atoms with van der Waals surface area (Å²) in [6, 6.07) is 0.226. The second kappa shape index (κ2) is 5.39. The molecule has 1 heterocycles. The molecule has 1 aliphatic carbocycles. The van der Waals surface area contributed by atoms with Crippen LogP contribution in [0.2, 0.25) is 0 Å². The Morgan fingerprint density at radius 2 is 2.11 bits per heavy atom. The van der Waals surface area contributed by atoms with Crippen LogP contribution in [-0.4, -0.2) is 34.8 Å². The number of likely N-dealkylation sites (tertiary alicyclic amines) is 1. The van der Waals surface area contributed by atoms with Crippen molar-refractivity contribution in [3.8, 4) is 0 Å². The van der Waals surface area contributed by atoms with Crippen LogP contribution in [0.15, 0.2) is 0 Å². The number of nitrogens with zero attached hydrogens (tertiary/aromatic N) is 1. The highest BCUT2D eigenvalue weighted by molar-refractivity contribution is 6.05.